The van der Waals surface area contributed by atoms with Crippen molar-refractivity contribution in [2.75, 3.05) is 12.4 Å². The Morgan fingerprint density at radius 3 is 2.62 bits per heavy atom. The van der Waals surface area contributed by atoms with Gasteiger partial charge in [0.25, 0.3) is 0 Å². The first kappa shape index (κ1) is 16.6. The smallest absolute Gasteiger partial charge is 0.230 e. The van der Waals surface area contributed by atoms with Gasteiger partial charge in [0, 0.05) is 17.0 Å². The van der Waals surface area contributed by atoms with Crippen LogP contribution in [-0.2, 0) is 0 Å². The zero-order valence-electron chi connectivity index (χ0n) is 13.7. The third-order valence-electron chi connectivity index (χ3n) is 3.65. The van der Waals surface area contributed by atoms with Crippen LogP contribution >= 0.6 is 15.9 Å². The largest absolute Gasteiger partial charge is 0.496 e. The number of carbonyl (C=O) groups is 1. The van der Waals surface area contributed by atoms with Crippen LogP contribution < -0.4 is 10.1 Å². The van der Waals surface area contributed by atoms with Gasteiger partial charge in [-0.1, -0.05) is 12.1 Å². The molecule has 3 rings (SSSR count). The number of ether oxygens (including phenoxy) is 1. The Labute approximate surface area is 148 Å². The van der Waals surface area contributed by atoms with E-state index in [0.717, 1.165) is 15.5 Å². The van der Waals surface area contributed by atoms with Crippen LogP contribution in [0.5, 0.6) is 5.75 Å². The first-order valence-electron chi connectivity index (χ1n) is 7.67. The predicted molar refractivity (Wildman–Crippen MR) is 99.1 cm³/mol. The number of para-hydroxylation sites is 1. The van der Waals surface area contributed by atoms with Gasteiger partial charge in [-0.2, -0.15) is 0 Å². The molecular weight excluding hydrogens is 370 g/mol. The zero-order valence-corrected chi connectivity index (χ0v) is 15.3. The van der Waals surface area contributed by atoms with E-state index >= 15 is 0 Å². The summed E-state index contributed by atoms with van der Waals surface area (Å²) in [7, 11) is 1.59. The summed E-state index contributed by atoms with van der Waals surface area (Å²) in [6.45, 7) is 4.06. The Morgan fingerprint density at radius 1 is 1.21 bits per heavy atom. The predicted octanol–water partition coefficient (Wildman–Crippen LogP) is 5.26. The van der Waals surface area contributed by atoms with Gasteiger partial charge in [-0.25, -0.2) is 0 Å². The molecule has 0 amide bonds. The molecule has 4 nitrogen and oxygen atoms in total. The molecule has 1 heterocycles. The van der Waals surface area contributed by atoms with Crippen molar-refractivity contribution in [1.82, 2.24) is 0 Å². The number of nitrogens with one attached hydrogen (secondary N) is 1. The molecule has 0 fully saturated rings. The molecular formula is C19H18BrNO3. The van der Waals surface area contributed by atoms with Gasteiger partial charge in [0.05, 0.1) is 17.3 Å². The Balaban J connectivity index is 2.10. The molecule has 1 aromatic heterocycles. The first-order valence-corrected chi connectivity index (χ1v) is 8.47. The van der Waals surface area contributed by atoms with Crippen LogP contribution in [0, 0.1) is 0 Å². The highest BCUT2D eigenvalue weighted by molar-refractivity contribution is 9.10. The number of fused-ring (bicyclic) bond motifs is 1. The number of carbonyl (C=O) groups excluding carboxylic acids is 1. The summed E-state index contributed by atoms with van der Waals surface area (Å²) >= 11 is 3.42. The lowest BCUT2D eigenvalue weighted by atomic mass is 10.1. The van der Waals surface area contributed by atoms with Crippen molar-refractivity contribution in [2.24, 2.45) is 0 Å². The van der Waals surface area contributed by atoms with Gasteiger partial charge in [0.2, 0.25) is 5.78 Å². The molecule has 24 heavy (non-hydrogen) atoms. The van der Waals surface area contributed by atoms with E-state index in [1.807, 2.05) is 38.1 Å². The standard InChI is InChI=1S/C19H18BrNO3/c1-11(2)21-17-13-6-4-5-7-15(13)24-19(17)18(22)12-8-9-16(23-3)14(20)10-12/h4-11,21H,1-3H3. The Bertz CT molecular complexity index is 899. The number of furan rings is 1. The van der Waals surface area contributed by atoms with Crippen LogP contribution in [-0.4, -0.2) is 18.9 Å². The second-order valence-corrected chi connectivity index (χ2v) is 6.63. The van der Waals surface area contributed by atoms with Crippen LogP contribution in [0.1, 0.15) is 30.0 Å². The van der Waals surface area contributed by atoms with Crippen LogP contribution in [0.15, 0.2) is 51.4 Å². The quantitative estimate of drug-likeness (QED) is 0.606. The normalized spacial score (nSPS) is 11.0. The summed E-state index contributed by atoms with van der Waals surface area (Å²) in [5, 5.41) is 4.24. The molecule has 0 unspecified atom stereocenters. The van der Waals surface area contributed by atoms with Crippen LogP contribution in [0.25, 0.3) is 11.0 Å². The summed E-state index contributed by atoms with van der Waals surface area (Å²) < 4.78 is 11.8. The maximum Gasteiger partial charge on any atom is 0.230 e. The van der Waals surface area contributed by atoms with Gasteiger partial charge in [-0.3, -0.25) is 4.79 Å². The van der Waals surface area contributed by atoms with E-state index in [1.165, 1.54) is 0 Å². The molecule has 0 aliphatic carbocycles. The van der Waals surface area contributed by atoms with Gasteiger partial charge in [-0.15, -0.1) is 0 Å². The molecule has 0 saturated heterocycles. The van der Waals surface area contributed by atoms with Gasteiger partial charge in [0.1, 0.15) is 11.3 Å². The lowest BCUT2D eigenvalue weighted by molar-refractivity contribution is 0.101. The molecule has 124 valence electrons. The minimum Gasteiger partial charge on any atom is -0.496 e. The second kappa shape index (κ2) is 6.69. The van der Waals surface area contributed by atoms with Crippen molar-refractivity contribution >= 4 is 38.4 Å². The van der Waals surface area contributed by atoms with Crippen molar-refractivity contribution in [2.45, 2.75) is 19.9 Å². The van der Waals surface area contributed by atoms with Crippen LogP contribution in [0.2, 0.25) is 0 Å². The lowest BCUT2D eigenvalue weighted by Gasteiger charge is -2.10. The van der Waals surface area contributed by atoms with E-state index < -0.39 is 0 Å². The molecule has 5 heteroatoms. The zero-order chi connectivity index (χ0) is 17.3. The third-order valence-corrected chi connectivity index (χ3v) is 4.27. The van der Waals surface area contributed by atoms with Crippen molar-refractivity contribution in [3.05, 3.63) is 58.3 Å². The minimum absolute atomic E-state index is 0.169. The fourth-order valence-corrected chi connectivity index (χ4v) is 3.12. The number of methoxy groups -OCH3 is 1. The molecule has 0 radical (unpaired) electrons. The van der Waals surface area contributed by atoms with E-state index in [-0.39, 0.29) is 11.8 Å². The van der Waals surface area contributed by atoms with Gasteiger partial charge in [-0.05, 0) is 60.1 Å². The number of ketones is 1. The topological polar surface area (TPSA) is 51.5 Å². The first-order chi connectivity index (χ1) is 11.5. The highest BCUT2D eigenvalue weighted by Crippen LogP contribution is 2.34. The van der Waals surface area contributed by atoms with Crippen LogP contribution in [0.3, 0.4) is 0 Å². The number of halogens is 1. The summed E-state index contributed by atoms with van der Waals surface area (Å²) in [6.07, 6.45) is 0. The highest BCUT2D eigenvalue weighted by Gasteiger charge is 2.23. The molecule has 0 aliphatic heterocycles. The Morgan fingerprint density at radius 2 is 1.96 bits per heavy atom. The fraction of sp³-hybridized carbons (Fsp3) is 0.211. The second-order valence-electron chi connectivity index (χ2n) is 5.78. The van der Waals surface area contributed by atoms with Crippen molar-refractivity contribution in [3.8, 4) is 5.75 Å². The van der Waals surface area contributed by atoms with Crippen molar-refractivity contribution in [1.29, 1.82) is 0 Å². The summed E-state index contributed by atoms with van der Waals surface area (Å²) in [5.74, 6) is 0.830. The number of rotatable bonds is 5. The molecule has 1 N–H and O–H groups in total. The van der Waals surface area contributed by atoms with Crippen molar-refractivity contribution < 1.29 is 13.9 Å². The van der Waals surface area contributed by atoms with Gasteiger partial charge < -0.3 is 14.5 Å². The molecule has 0 atom stereocenters. The summed E-state index contributed by atoms with van der Waals surface area (Å²) in [5.41, 5.74) is 1.96. The van der Waals surface area contributed by atoms with E-state index in [9.17, 15) is 4.79 Å². The minimum atomic E-state index is -0.169. The molecule has 0 aliphatic rings. The monoisotopic (exact) mass is 387 g/mol. The Hall–Kier alpha value is -2.27. The van der Waals surface area contributed by atoms with E-state index in [2.05, 4.69) is 21.2 Å². The molecule has 0 bridgehead atoms. The summed E-state index contributed by atoms with van der Waals surface area (Å²) in [6, 6.07) is 13.1. The SMILES string of the molecule is COc1ccc(C(=O)c2oc3ccccc3c2NC(C)C)cc1Br. The summed E-state index contributed by atoms with van der Waals surface area (Å²) in [4.78, 5) is 13.0. The van der Waals surface area contributed by atoms with Crippen molar-refractivity contribution in [3.63, 3.8) is 0 Å². The number of anilines is 1. The van der Waals surface area contributed by atoms with Crippen LogP contribution in [0.4, 0.5) is 5.69 Å². The Kier molecular flexibility index (Phi) is 4.62. The van der Waals surface area contributed by atoms with E-state index in [4.69, 9.17) is 9.15 Å². The maximum absolute atomic E-state index is 13.0. The highest BCUT2D eigenvalue weighted by atomic mass is 79.9. The number of benzene rings is 2. The number of hydrogen-bond acceptors (Lipinski definition) is 4. The molecule has 0 saturated carbocycles. The molecule has 2 aromatic carbocycles. The molecule has 3 aromatic rings. The third kappa shape index (κ3) is 3.04. The average molecular weight is 388 g/mol. The van der Waals surface area contributed by atoms with E-state index in [1.54, 1.807) is 25.3 Å². The lowest BCUT2D eigenvalue weighted by Crippen LogP contribution is -2.12. The molecule has 0 spiro atoms. The maximum atomic E-state index is 13.0. The number of hydrogen-bond donors (Lipinski definition) is 1. The van der Waals surface area contributed by atoms with Gasteiger partial charge in [0.15, 0.2) is 5.76 Å². The van der Waals surface area contributed by atoms with Gasteiger partial charge >= 0.3 is 0 Å². The fourth-order valence-electron chi connectivity index (χ4n) is 2.58. The van der Waals surface area contributed by atoms with E-state index in [0.29, 0.717) is 22.7 Å². The average Bonchev–Trinajstić information content (AvgIpc) is 2.92.